The Hall–Kier alpha value is -0.900. The zero-order chi connectivity index (χ0) is 9.68. The topological polar surface area (TPSA) is 51.0 Å². The van der Waals surface area contributed by atoms with E-state index in [0.717, 1.165) is 12.5 Å². The maximum atomic E-state index is 4.95. The van der Waals surface area contributed by atoms with E-state index in [1.807, 2.05) is 6.92 Å². The number of aromatic nitrogens is 2. The van der Waals surface area contributed by atoms with Crippen LogP contribution >= 0.6 is 0 Å². The molecule has 0 bridgehead atoms. The van der Waals surface area contributed by atoms with Gasteiger partial charge >= 0.3 is 0 Å². The molecule has 0 saturated carbocycles. The average molecular weight is 183 g/mol. The summed E-state index contributed by atoms with van der Waals surface area (Å²) < 4.78 is 4.95. The van der Waals surface area contributed by atoms with Gasteiger partial charge in [0.15, 0.2) is 5.82 Å². The van der Waals surface area contributed by atoms with Gasteiger partial charge in [-0.2, -0.15) is 4.98 Å². The van der Waals surface area contributed by atoms with Crippen molar-refractivity contribution in [3.05, 3.63) is 11.7 Å². The van der Waals surface area contributed by atoms with Gasteiger partial charge in [0.25, 0.3) is 0 Å². The van der Waals surface area contributed by atoms with E-state index in [2.05, 4.69) is 29.3 Å². The molecular weight excluding hydrogens is 166 g/mol. The van der Waals surface area contributed by atoms with Gasteiger partial charge in [0.05, 0.1) is 6.54 Å². The van der Waals surface area contributed by atoms with E-state index in [0.29, 0.717) is 18.3 Å². The van der Waals surface area contributed by atoms with Crippen molar-refractivity contribution in [1.82, 2.24) is 15.5 Å². The second-order valence-electron chi connectivity index (χ2n) is 3.59. The van der Waals surface area contributed by atoms with E-state index >= 15 is 0 Å². The molecule has 0 fully saturated rings. The fourth-order valence-electron chi connectivity index (χ4n) is 0.998. The molecule has 0 aliphatic heterocycles. The third-order valence-corrected chi connectivity index (χ3v) is 1.74. The lowest BCUT2D eigenvalue weighted by molar-refractivity contribution is 0.362. The minimum atomic E-state index is 0.668. The molecule has 0 aliphatic carbocycles. The molecule has 0 atom stereocenters. The molecule has 0 amide bonds. The van der Waals surface area contributed by atoms with Crippen LogP contribution in [0.2, 0.25) is 0 Å². The van der Waals surface area contributed by atoms with Gasteiger partial charge in [0.2, 0.25) is 5.89 Å². The Balaban J connectivity index is 2.13. The molecule has 0 aliphatic rings. The Labute approximate surface area is 78.7 Å². The molecule has 1 heterocycles. The standard InChI is InChI=1S/C9H17N3O/c1-7(2)4-5-10-6-9-11-8(3)12-13-9/h7,10H,4-6H2,1-3H3. The third kappa shape index (κ3) is 4.03. The van der Waals surface area contributed by atoms with E-state index in [9.17, 15) is 0 Å². The van der Waals surface area contributed by atoms with Crippen LogP contribution in [0.25, 0.3) is 0 Å². The minimum absolute atomic E-state index is 0.668. The molecule has 0 spiro atoms. The zero-order valence-corrected chi connectivity index (χ0v) is 8.50. The molecule has 0 saturated heterocycles. The van der Waals surface area contributed by atoms with E-state index in [4.69, 9.17) is 4.52 Å². The molecule has 74 valence electrons. The maximum Gasteiger partial charge on any atom is 0.240 e. The lowest BCUT2D eigenvalue weighted by atomic mass is 10.1. The van der Waals surface area contributed by atoms with Crippen molar-refractivity contribution in [3.63, 3.8) is 0 Å². The second kappa shape index (κ2) is 4.97. The van der Waals surface area contributed by atoms with Gasteiger partial charge in [-0.05, 0) is 25.8 Å². The molecule has 13 heavy (non-hydrogen) atoms. The molecule has 4 heteroatoms. The summed E-state index contributed by atoms with van der Waals surface area (Å²) in [6, 6.07) is 0. The van der Waals surface area contributed by atoms with Crippen LogP contribution in [-0.4, -0.2) is 16.7 Å². The average Bonchev–Trinajstić information content (AvgIpc) is 2.45. The van der Waals surface area contributed by atoms with Crippen LogP contribution in [-0.2, 0) is 6.54 Å². The predicted octanol–water partition coefficient (Wildman–Crippen LogP) is 1.51. The predicted molar refractivity (Wildman–Crippen MR) is 50.2 cm³/mol. The van der Waals surface area contributed by atoms with Crippen LogP contribution in [0.4, 0.5) is 0 Å². The van der Waals surface area contributed by atoms with Gasteiger partial charge < -0.3 is 9.84 Å². The summed E-state index contributed by atoms with van der Waals surface area (Å²) in [6.45, 7) is 7.91. The second-order valence-corrected chi connectivity index (χ2v) is 3.59. The van der Waals surface area contributed by atoms with Crippen LogP contribution < -0.4 is 5.32 Å². The van der Waals surface area contributed by atoms with Crippen molar-refractivity contribution in [1.29, 1.82) is 0 Å². The Bertz CT molecular complexity index is 245. The first-order chi connectivity index (χ1) is 6.18. The molecule has 0 aromatic carbocycles. The van der Waals surface area contributed by atoms with Crippen LogP contribution in [0.15, 0.2) is 4.52 Å². The lowest BCUT2D eigenvalue weighted by Crippen LogP contribution is -2.16. The molecule has 0 unspecified atom stereocenters. The van der Waals surface area contributed by atoms with Crippen molar-refractivity contribution in [2.45, 2.75) is 33.7 Å². The summed E-state index contributed by atoms with van der Waals surface area (Å²) in [5.41, 5.74) is 0. The SMILES string of the molecule is Cc1noc(CNCCC(C)C)n1. The molecular formula is C9H17N3O. The van der Waals surface area contributed by atoms with Gasteiger partial charge in [-0.3, -0.25) is 0 Å². The van der Waals surface area contributed by atoms with E-state index in [1.54, 1.807) is 0 Å². The molecule has 1 aromatic heterocycles. The highest BCUT2D eigenvalue weighted by atomic mass is 16.5. The van der Waals surface area contributed by atoms with Gasteiger partial charge in [-0.25, -0.2) is 0 Å². The highest BCUT2D eigenvalue weighted by molar-refractivity contribution is 4.81. The van der Waals surface area contributed by atoms with E-state index in [1.165, 1.54) is 6.42 Å². The molecule has 0 radical (unpaired) electrons. The lowest BCUT2D eigenvalue weighted by Gasteiger charge is -2.03. The monoisotopic (exact) mass is 183 g/mol. The fourth-order valence-corrected chi connectivity index (χ4v) is 0.998. The highest BCUT2D eigenvalue weighted by Crippen LogP contribution is 1.98. The summed E-state index contributed by atoms with van der Waals surface area (Å²) in [4.78, 5) is 4.09. The zero-order valence-electron chi connectivity index (χ0n) is 8.50. The number of nitrogens with one attached hydrogen (secondary N) is 1. The van der Waals surface area contributed by atoms with Crippen molar-refractivity contribution in [3.8, 4) is 0 Å². The smallest absolute Gasteiger partial charge is 0.240 e. The first-order valence-corrected chi connectivity index (χ1v) is 4.68. The first-order valence-electron chi connectivity index (χ1n) is 4.68. The molecule has 1 rings (SSSR count). The Morgan fingerprint density at radius 3 is 2.77 bits per heavy atom. The largest absolute Gasteiger partial charge is 0.338 e. The van der Waals surface area contributed by atoms with Gasteiger partial charge in [-0.1, -0.05) is 19.0 Å². The van der Waals surface area contributed by atoms with Crippen molar-refractivity contribution >= 4 is 0 Å². The van der Waals surface area contributed by atoms with Crippen LogP contribution in [0.3, 0.4) is 0 Å². The quantitative estimate of drug-likeness (QED) is 0.703. The summed E-state index contributed by atoms with van der Waals surface area (Å²) in [7, 11) is 0. The molecule has 1 aromatic rings. The summed E-state index contributed by atoms with van der Waals surface area (Å²) >= 11 is 0. The fraction of sp³-hybridized carbons (Fsp3) is 0.778. The van der Waals surface area contributed by atoms with Crippen molar-refractivity contribution in [2.24, 2.45) is 5.92 Å². The minimum Gasteiger partial charge on any atom is -0.338 e. The van der Waals surface area contributed by atoms with Crippen LogP contribution in [0.1, 0.15) is 32.0 Å². The number of hydrogen-bond acceptors (Lipinski definition) is 4. The van der Waals surface area contributed by atoms with Gasteiger partial charge in [0, 0.05) is 0 Å². The van der Waals surface area contributed by atoms with Crippen LogP contribution in [0.5, 0.6) is 0 Å². The number of nitrogens with zero attached hydrogens (tertiary/aromatic N) is 2. The Kier molecular flexibility index (Phi) is 3.89. The summed E-state index contributed by atoms with van der Waals surface area (Å²) in [6.07, 6.45) is 1.17. The number of aryl methyl sites for hydroxylation is 1. The Morgan fingerprint density at radius 2 is 2.23 bits per heavy atom. The maximum absolute atomic E-state index is 4.95. The Morgan fingerprint density at radius 1 is 1.46 bits per heavy atom. The van der Waals surface area contributed by atoms with Crippen molar-refractivity contribution < 1.29 is 4.52 Å². The molecule has 1 N–H and O–H groups in total. The van der Waals surface area contributed by atoms with Gasteiger partial charge in [0.1, 0.15) is 0 Å². The number of rotatable bonds is 5. The van der Waals surface area contributed by atoms with Gasteiger partial charge in [-0.15, -0.1) is 0 Å². The third-order valence-electron chi connectivity index (χ3n) is 1.74. The van der Waals surface area contributed by atoms with E-state index in [-0.39, 0.29) is 0 Å². The van der Waals surface area contributed by atoms with Crippen LogP contribution in [0, 0.1) is 12.8 Å². The first kappa shape index (κ1) is 10.2. The number of hydrogen-bond donors (Lipinski definition) is 1. The highest BCUT2D eigenvalue weighted by Gasteiger charge is 2.01. The molecule has 4 nitrogen and oxygen atoms in total. The normalized spacial score (nSPS) is 11.1. The van der Waals surface area contributed by atoms with Crippen molar-refractivity contribution in [2.75, 3.05) is 6.54 Å². The summed E-state index contributed by atoms with van der Waals surface area (Å²) in [5.74, 6) is 2.10. The summed E-state index contributed by atoms with van der Waals surface area (Å²) in [5, 5.41) is 6.95. The van der Waals surface area contributed by atoms with E-state index < -0.39 is 0 Å².